The summed E-state index contributed by atoms with van der Waals surface area (Å²) in [7, 11) is 1.89. The lowest BCUT2D eigenvalue weighted by atomic mass is 9.89. The summed E-state index contributed by atoms with van der Waals surface area (Å²) < 4.78 is 0. The summed E-state index contributed by atoms with van der Waals surface area (Å²) in [5, 5.41) is 3.83. The third-order valence-corrected chi connectivity index (χ3v) is 4.19. The van der Waals surface area contributed by atoms with Crippen LogP contribution in [0.2, 0.25) is 5.02 Å². The van der Waals surface area contributed by atoms with Gasteiger partial charge in [0.05, 0.1) is 5.41 Å². The lowest BCUT2D eigenvalue weighted by Crippen LogP contribution is -2.37. The van der Waals surface area contributed by atoms with Gasteiger partial charge in [0.25, 0.3) is 0 Å². The molecule has 1 aliphatic rings. The molecule has 0 radical (unpaired) electrons. The first-order valence-corrected chi connectivity index (χ1v) is 6.82. The summed E-state index contributed by atoms with van der Waals surface area (Å²) in [5.74, 6) is -0.229. The van der Waals surface area contributed by atoms with Crippen LogP contribution in [0.3, 0.4) is 0 Å². The zero-order valence-corrected chi connectivity index (χ0v) is 12.1. The molecule has 2 rings (SSSR count). The quantitative estimate of drug-likeness (QED) is 0.884. The number of hydrogen-bond donors (Lipinski definition) is 2. The molecule has 1 unspecified atom stereocenters. The molecule has 0 saturated carbocycles. The first-order chi connectivity index (χ1) is 8.96. The lowest BCUT2D eigenvalue weighted by molar-refractivity contribution is -0.125. The fourth-order valence-corrected chi connectivity index (χ4v) is 2.69. The second-order valence-electron chi connectivity index (χ2n) is 5.40. The van der Waals surface area contributed by atoms with Gasteiger partial charge >= 0.3 is 0 Å². The van der Waals surface area contributed by atoms with E-state index in [1.807, 2.05) is 32.2 Å². The molecule has 1 atom stereocenters. The van der Waals surface area contributed by atoms with Crippen LogP contribution in [0, 0.1) is 5.41 Å². The van der Waals surface area contributed by atoms with Gasteiger partial charge in [-0.2, -0.15) is 0 Å². The third kappa shape index (κ3) is 2.85. The summed E-state index contributed by atoms with van der Waals surface area (Å²) in [6, 6.07) is 6.03. The standard InChI is InChI=1S/C14H20ClN3O/c1-14(13(16)19)5-6-18(9-14)11-4-3-10(8-17-2)12(15)7-11/h3-4,7,17H,5-6,8-9H2,1-2H3,(H2,16,19). The van der Waals surface area contributed by atoms with Crippen molar-refractivity contribution < 1.29 is 4.79 Å². The van der Waals surface area contributed by atoms with Crippen molar-refractivity contribution in [3.63, 3.8) is 0 Å². The molecule has 1 aliphatic heterocycles. The average Bonchev–Trinajstić information content (AvgIpc) is 2.76. The Morgan fingerprint density at radius 2 is 2.32 bits per heavy atom. The number of anilines is 1. The van der Waals surface area contributed by atoms with Crippen molar-refractivity contribution in [2.24, 2.45) is 11.1 Å². The molecule has 1 fully saturated rings. The Hall–Kier alpha value is -1.26. The molecule has 5 heteroatoms. The molecule has 1 saturated heterocycles. The number of nitrogens with one attached hydrogen (secondary N) is 1. The number of primary amides is 1. The Balaban J connectivity index is 2.16. The molecule has 19 heavy (non-hydrogen) atoms. The minimum absolute atomic E-state index is 0.229. The molecular formula is C14H20ClN3O. The normalized spacial score (nSPS) is 22.8. The summed E-state index contributed by atoms with van der Waals surface area (Å²) >= 11 is 6.26. The minimum atomic E-state index is -0.434. The third-order valence-electron chi connectivity index (χ3n) is 3.84. The van der Waals surface area contributed by atoms with E-state index < -0.39 is 5.41 Å². The van der Waals surface area contributed by atoms with Crippen LogP contribution in [0.15, 0.2) is 18.2 Å². The number of benzene rings is 1. The van der Waals surface area contributed by atoms with Crippen molar-refractivity contribution in [3.05, 3.63) is 28.8 Å². The van der Waals surface area contributed by atoms with E-state index in [1.54, 1.807) is 0 Å². The van der Waals surface area contributed by atoms with E-state index in [1.165, 1.54) is 0 Å². The van der Waals surface area contributed by atoms with Crippen molar-refractivity contribution in [1.82, 2.24) is 5.32 Å². The number of halogens is 1. The number of nitrogens with two attached hydrogens (primary N) is 1. The predicted molar refractivity (Wildman–Crippen MR) is 78.3 cm³/mol. The van der Waals surface area contributed by atoms with Gasteiger partial charge in [0.15, 0.2) is 0 Å². The molecule has 0 bridgehead atoms. The SMILES string of the molecule is CNCc1ccc(N2CCC(C)(C(N)=O)C2)cc1Cl. The summed E-state index contributed by atoms with van der Waals surface area (Å²) in [5.41, 5.74) is 7.16. The van der Waals surface area contributed by atoms with Crippen molar-refractivity contribution in [2.75, 3.05) is 25.0 Å². The van der Waals surface area contributed by atoms with E-state index in [9.17, 15) is 4.79 Å². The van der Waals surface area contributed by atoms with Crippen LogP contribution in [-0.4, -0.2) is 26.0 Å². The molecule has 3 N–H and O–H groups in total. The number of hydrogen-bond acceptors (Lipinski definition) is 3. The molecule has 104 valence electrons. The monoisotopic (exact) mass is 281 g/mol. The highest BCUT2D eigenvalue weighted by molar-refractivity contribution is 6.31. The van der Waals surface area contributed by atoms with Crippen LogP contribution >= 0.6 is 11.6 Å². The van der Waals surface area contributed by atoms with Gasteiger partial charge in [-0.3, -0.25) is 4.79 Å². The smallest absolute Gasteiger partial charge is 0.225 e. The van der Waals surface area contributed by atoms with Crippen LogP contribution in [-0.2, 0) is 11.3 Å². The highest BCUT2D eigenvalue weighted by atomic mass is 35.5. The van der Waals surface area contributed by atoms with Gasteiger partial charge in [-0.25, -0.2) is 0 Å². The van der Waals surface area contributed by atoms with E-state index >= 15 is 0 Å². The van der Waals surface area contributed by atoms with Gasteiger partial charge in [-0.15, -0.1) is 0 Å². The number of carbonyl (C=O) groups is 1. The molecule has 1 heterocycles. The van der Waals surface area contributed by atoms with E-state index in [2.05, 4.69) is 10.2 Å². The van der Waals surface area contributed by atoms with Crippen molar-refractivity contribution >= 4 is 23.2 Å². The Morgan fingerprint density at radius 1 is 1.58 bits per heavy atom. The van der Waals surface area contributed by atoms with Crippen LogP contribution in [0.5, 0.6) is 0 Å². The highest BCUT2D eigenvalue weighted by Crippen LogP contribution is 2.34. The average molecular weight is 282 g/mol. The molecule has 1 amide bonds. The van der Waals surface area contributed by atoms with Gasteiger partial charge in [0.2, 0.25) is 5.91 Å². The molecule has 0 aromatic heterocycles. The van der Waals surface area contributed by atoms with Gasteiger partial charge in [-0.1, -0.05) is 17.7 Å². The lowest BCUT2D eigenvalue weighted by Gasteiger charge is -2.23. The van der Waals surface area contributed by atoms with Crippen molar-refractivity contribution in [1.29, 1.82) is 0 Å². The summed E-state index contributed by atoms with van der Waals surface area (Å²) in [4.78, 5) is 13.6. The molecule has 1 aromatic carbocycles. The highest BCUT2D eigenvalue weighted by Gasteiger charge is 2.38. The molecule has 1 aromatic rings. The van der Waals surface area contributed by atoms with Gasteiger partial charge in [0.1, 0.15) is 0 Å². The molecule has 0 aliphatic carbocycles. The maximum Gasteiger partial charge on any atom is 0.225 e. The topological polar surface area (TPSA) is 58.4 Å². The first kappa shape index (κ1) is 14.2. The maximum atomic E-state index is 11.5. The van der Waals surface area contributed by atoms with E-state index in [0.717, 1.165) is 35.8 Å². The maximum absolute atomic E-state index is 11.5. The zero-order valence-electron chi connectivity index (χ0n) is 11.4. The van der Waals surface area contributed by atoms with Crippen molar-refractivity contribution in [2.45, 2.75) is 19.9 Å². The number of carbonyl (C=O) groups excluding carboxylic acids is 1. The van der Waals surface area contributed by atoms with Gasteiger partial charge < -0.3 is 16.0 Å². The Morgan fingerprint density at radius 3 is 2.84 bits per heavy atom. The number of nitrogens with zero attached hydrogens (tertiary/aromatic N) is 1. The Kier molecular flexibility index (Phi) is 4.02. The number of amides is 1. The second-order valence-corrected chi connectivity index (χ2v) is 5.81. The number of rotatable bonds is 4. The van der Waals surface area contributed by atoms with E-state index in [0.29, 0.717) is 6.54 Å². The van der Waals surface area contributed by atoms with Gasteiger partial charge in [0, 0.05) is 30.3 Å². The fraction of sp³-hybridized carbons (Fsp3) is 0.500. The summed E-state index contributed by atoms with van der Waals surface area (Å²) in [6.45, 7) is 4.16. The van der Waals surface area contributed by atoms with Crippen LogP contribution in [0.1, 0.15) is 18.9 Å². The largest absolute Gasteiger partial charge is 0.370 e. The predicted octanol–water partition coefficient (Wildman–Crippen LogP) is 1.76. The van der Waals surface area contributed by atoms with Crippen LogP contribution in [0.25, 0.3) is 0 Å². The summed E-state index contributed by atoms with van der Waals surface area (Å²) in [6.07, 6.45) is 0.790. The van der Waals surface area contributed by atoms with Crippen molar-refractivity contribution in [3.8, 4) is 0 Å². The first-order valence-electron chi connectivity index (χ1n) is 6.44. The van der Waals surface area contributed by atoms with Gasteiger partial charge in [-0.05, 0) is 38.1 Å². The molecular weight excluding hydrogens is 262 g/mol. The van der Waals surface area contributed by atoms with E-state index in [-0.39, 0.29) is 5.91 Å². The van der Waals surface area contributed by atoms with Crippen LogP contribution < -0.4 is 16.0 Å². The molecule has 4 nitrogen and oxygen atoms in total. The van der Waals surface area contributed by atoms with E-state index in [4.69, 9.17) is 17.3 Å². The minimum Gasteiger partial charge on any atom is -0.370 e. The fourth-order valence-electron chi connectivity index (χ4n) is 2.45. The van der Waals surface area contributed by atoms with Crippen LogP contribution in [0.4, 0.5) is 5.69 Å². The zero-order chi connectivity index (χ0) is 14.0. The Labute approximate surface area is 118 Å². The molecule has 0 spiro atoms. The second kappa shape index (κ2) is 5.39. The Bertz CT molecular complexity index is 492.